The minimum atomic E-state index is -0.533. The Morgan fingerprint density at radius 2 is 1.95 bits per heavy atom. The van der Waals surface area contributed by atoms with Gasteiger partial charge in [0.2, 0.25) is 0 Å². The lowest BCUT2D eigenvalue weighted by atomic mass is 9.98. The zero-order valence-corrected chi connectivity index (χ0v) is 11.8. The molecule has 3 aromatic rings. The first-order chi connectivity index (χ1) is 10.2. The molecule has 2 aromatic carbocycles. The van der Waals surface area contributed by atoms with E-state index in [1.165, 1.54) is 6.07 Å². The lowest BCUT2D eigenvalue weighted by Gasteiger charge is -2.07. The number of fused-ring (bicyclic) bond motifs is 1. The summed E-state index contributed by atoms with van der Waals surface area (Å²) in [5.41, 5.74) is 0.868. The number of carbonyl (C=O) groups is 1. The molecule has 0 saturated heterocycles. The zero-order valence-electron chi connectivity index (χ0n) is 11.0. The molecule has 0 amide bonds. The lowest BCUT2D eigenvalue weighted by Crippen LogP contribution is -2.06. The molecule has 104 valence electrons. The Kier molecular flexibility index (Phi) is 3.67. The van der Waals surface area contributed by atoms with E-state index in [2.05, 4.69) is 4.98 Å². The molecule has 2 nitrogen and oxygen atoms in total. The van der Waals surface area contributed by atoms with Gasteiger partial charge >= 0.3 is 0 Å². The van der Waals surface area contributed by atoms with Gasteiger partial charge in [-0.05, 0) is 23.1 Å². The minimum Gasteiger partial charge on any atom is -0.294 e. The van der Waals surface area contributed by atoms with Crippen molar-refractivity contribution in [3.63, 3.8) is 0 Å². The summed E-state index contributed by atoms with van der Waals surface area (Å²) in [6.45, 7) is 0. The first kappa shape index (κ1) is 13.7. The summed E-state index contributed by atoms with van der Waals surface area (Å²) >= 11 is 5.74. The van der Waals surface area contributed by atoms with Crippen LogP contribution in [0.3, 0.4) is 0 Å². The first-order valence-electron chi connectivity index (χ1n) is 6.45. The molecule has 0 N–H and O–H groups in total. The van der Waals surface area contributed by atoms with Crippen molar-refractivity contribution >= 4 is 28.2 Å². The zero-order chi connectivity index (χ0) is 14.8. The average Bonchev–Trinajstić information content (AvgIpc) is 2.51. The van der Waals surface area contributed by atoms with Crippen LogP contribution in [0.1, 0.15) is 15.9 Å². The molecular formula is C17H11ClFNO. The SMILES string of the molecule is O=C(Cc1cccc(Cl)c1F)c1cccc2cnccc12. The summed E-state index contributed by atoms with van der Waals surface area (Å²) in [7, 11) is 0. The van der Waals surface area contributed by atoms with Gasteiger partial charge in [-0.2, -0.15) is 0 Å². The van der Waals surface area contributed by atoms with Crippen molar-refractivity contribution in [2.75, 3.05) is 0 Å². The quantitative estimate of drug-likeness (QED) is 0.669. The van der Waals surface area contributed by atoms with Crippen molar-refractivity contribution in [3.05, 3.63) is 76.8 Å². The van der Waals surface area contributed by atoms with Crippen LogP contribution >= 0.6 is 11.6 Å². The van der Waals surface area contributed by atoms with Crippen molar-refractivity contribution < 1.29 is 9.18 Å². The standard InChI is InChI=1S/C17H11ClFNO/c18-15-6-2-3-11(17(15)19)9-16(21)14-5-1-4-12-10-20-8-7-13(12)14/h1-8,10H,9H2. The van der Waals surface area contributed by atoms with Gasteiger partial charge in [-0.3, -0.25) is 9.78 Å². The Balaban J connectivity index is 2.00. The van der Waals surface area contributed by atoms with Crippen LogP contribution in [0, 0.1) is 5.82 Å². The van der Waals surface area contributed by atoms with Gasteiger partial charge in [-0.1, -0.05) is 41.9 Å². The Labute approximate surface area is 126 Å². The van der Waals surface area contributed by atoms with Gasteiger partial charge in [0, 0.05) is 29.8 Å². The number of rotatable bonds is 3. The smallest absolute Gasteiger partial charge is 0.167 e. The van der Waals surface area contributed by atoms with Crippen molar-refractivity contribution in [3.8, 4) is 0 Å². The van der Waals surface area contributed by atoms with Crippen LogP contribution in [0.15, 0.2) is 54.9 Å². The topological polar surface area (TPSA) is 30.0 Å². The summed E-state index contributed by atoms with van der Waals surface area (Å²) in [5, 5.41) is 1.73. The molecule has 0 radical (unpaired) electrons. The molecule has 0 atom stereocenters. The number of halogens is 2. The fraction of sp³-hybridized carbons (Fsp3) is 0.0588. The van der Waals surface area contributed by atoms with Crippen LogP contribution in [-0.4, -0.2) is 10.8 Å². The van der Waals surface area contributed by atoms with Gasteiger partial charge in [0.1, 0.15) is 5.82 Å². The van der Waals surface area contributed by atoms with Crippen LogP contribution in [0.5, 0.6) is 0 Å². The molecule has 0 unspecified atom stereocenters. The first-order valence-corrected chi connectivity index (χ1v) is 6.83. The Hall–Kier alpha value is -2.26. The van der Waals surface area contributed by atoms with Crippen LogP contribution in [0.4, 0.5) is 4.39 Å². The van der Waals surface area contributed by atoms with Gasteiger partial charge in [0.05, 0.1) is 5.02 Å². The molecule has 4 heteroatoms. The maximum atomic E-state index is 13.9. The number of Topliss-reactive ketones (excluding diaryl/α,β-unsaturated/α-hetero) is 1. The van der Waals surface area contributed by atoms with Gasteiger partial charge in [-0.25, -0.2) is 4.39 Å². The second-order valence-corrected chi connectivity index (χ2v) is 5.12. The molecule has 1 heterocycles. The number of benzene rings is 2. The molecule has 3 rings (SSSR count). The van der Waals surface area contributed by atoms with E-state index in [1.807, 2.05) is 6.07 Å². The van der Waals surface area contributed by atoms with Gasteiger partial charge in [0.25, 0.3) is 0 Å². The molecule has 21 heavy (non-hydrogen) atoms. The molecule has 0 fully saturated rings. The third-order valence-corrected chi connectivity index (χ3v) is 3.66. The Morgan fingerprint density at radius 1 is 1.14 bits per heavy atom. The van der Waals surface area contributed by atoms with Gasteiger partial charge < -0.3 is 0 Å². The number of nitrogens with zero attached hydrogens (tertiary/aromatic N) is 1. The second kappa shape index (κ2) is 5.62. The maximum absolute atomic E-state index is 13.9. The minimum absolute atomic E-state index is 0.0200. The van der Waals surface area contributed by atoms with Gasteiger partial charge in [0.15, 0.2) is 5.78 Å². The maximum Gasteiger partial charge on any atom is 0.167 e. The number of carbonyl (C=O) groups excluding carboxylic acids is 1. The third kappa shape index (κ3) is 2.65. The summed E-state index contributed by atoms with van der Waals surface area (Å²) in [6, 6.07) is 11.9. The van der Waals surface area contributed by atoms with E-state index in [-0.39, 0.29) is 17.2 Å². The number of hydrogen-bond acceptors (Lipinski definition) is 2. The summed E-state index contributed by atoms with van der Waals surface area (Å²) in [6.07, 6.45) is 3.32. The Bertz CT molecular complexity index is 827. The van der Waals surface area contributed by atoms with E-state index in [4.69, 9.17) is 11.6 Å². The molecule has 0 aliphatic heterocycles. The highest BCUT2D eigenvalue weighted by atomic mass is 35.5. The van der Waals surface area contributed by atoms with Gasteiger partial charge in [-0.15, -0.1) is 0 Å². The van der Waals surface area contributed by atoms with E-state index in [9.17, 15) is 9.18 Å². The summed E-state index contributed by atoms with van der Waals surface area (Å²) in [4.78, 5) is 16.5. The van der Waals surface area contributed by atoms with Crippen LogP contribution < -0.4 is 0 Å². The van der Waals surface area contributed by atoms with E-state index in [0.717, 1.165) is 10.8 Å². The molecule has 0 aliphatic carbocycles. The molecule has 1 aromatic heterocycles. The van der Waals surface area contributed by atoms with Crippen molar-refractivity contribution in [1.82, 2.24) is 4.98 Å². The predicted molar refractivity (Wildman–Crippen MR) is 81.2 cm³/mol. The predicted octanol–water partition coefficient (Wildman–Crippen LogP) is 4.45. The van der Waals surface area contributed by atoms with E-state index < -0.39 is 5.82 Å². The Morgan fingerprint density at radius 3 is 2.81 bits per heavy atom. The van der Waals surface area contributed by atoms with E-state index in [0.29, 0.717) is 11.1 Å². The van der Waals surface area contributed by atoms with Crippen molar-refractivity contribution in [1.29, 1.82) is 0 Å². The fourth-order valence-corrected chi connectivity index (χ4v) is 2.51. The van der Waals surface area contributed by atoms with E-state index in [1.54, 1.807) is 42.7 Å². The highest BCUT2D eigenvalue weighted by molar-refractivity contribution is 6.30. The number of pyridine rings is 1. The van der Waals surface area contributed by atoms with Crippen LogP contribution in [0.2, 0.25) is 5.02 Å². The highest BCUT2D eigenvalue weighted by Gasteiger charge is 2.14. The molecule has 0 aliphatic rings. The average molecular weight is 300 g/mol. The molecule has 0 spiro atoms. The number of hydrogen-bond donors (Lipinski definition) is 0. The summed E-state index contributed by atoms with van der Waals surface area (Å²) < 4.78 is 13.9. The van der Waals surface area contributed by atoms with Crippen LogP contribution in [0.25, 0.3) is 10.8 Å². The number of ketones is 1. The van der Waals surface area contributed by atoms with Crippen molar-refractivity contribution in [2.45, 2.75) is 6.42 Å². The lowest BCUT2D eigenvalue weighted by molar-refractivity contribution is 0.0993. The normalized spacial score (nSPS) is 10.8. The van der Waals surface area contributed by atoms with Crippen molar-refractivity contribution in [2.24, 2.45) is 0 Å². The third-order valence-electron chi connectivity index (χ3n) is 3.36. The largest absolute Gasteiger partial charge is 0.294 e. The monoisotopic (exact) mass is 299 g/mol. The molecule has 0 saturated carbocycles. The van der Waals surface area contributed by atoms with Crippen LogP contribution in [-0.2, 0) is 6.42 Å². The second-order valence-electron chi connectivity index (χ2n) is 4.72. The van der Waals surface area contributed by atoms with E-state index >= 15 is 0 Å². The molecular weight excluding hydrogens is 289 g/mol. The molecule has 0 bridgehead atoms. The number of aromatic nitrogens is 1. The summed E-state index contributed by atoms with van der Waals surface area (Å²) in [5.74, 6) is -0.678. The highest BCUT2D eigenvalue weighted by Crippen LogP contribution is 2.22. The fourth-order valence-electron chi connectivity index (χ4n) is 2.32.